The van der Waals surface area contributed by atoms with Gasteiger partial charge in [0.2, 0.25) is 0 Å². The largest absolute Gasteiger partial charge is 0.322 e. The highest BCUT2D eigenvalue weighted by molar-refractivity contribution is 7.11. The first kappa shape index (κ1) is 11.7. The Bertz CT molecular complexity index is 369. The third kappa shape index (κ3) is 2.27. The minimum Gasteiger partial charge on any atom is -0.322 e. The Morgan fingerprint density at radius 3 is 2.71 bits per heavy atom. The van der Waals surface area contributed by atoms with E-state index >= 15 is 0 Å². The van der Waals surface area contributed by atoms with E-state index in [1.807, 2.05) is 11.3 Å². The Morgan fingerprint density at radius 2 is 2.00 bits per heavy atom. The van der Waals surface area contributed by atoms with Crippen LogP contribution in [-0.4, -0.2) is 4.98 Å². The van der Waals surface area contributed by atoms with Crippen molar-refractivity contribution in [1.82, 2.24) is 4.98 Å². The molecule has 0 aromatic carbocycles. The molecule has 3 heteroatoms. The molecule has 2 aliphatic carbocycles. The Labute approximate surface area is 108 Å². The molecule has 1 atom stereocenters. The molecule has 0 aliphatic heterocycles. The van der Waals surface area contributed by atoms with Crippen molar-refractivity contribution in [3.8, 4) is 0 Å². The van der Waals surface area contributed by atoms with E-state index in [2.05, 4.69) is 6.92 Å². The Balaban J connectivity index is 1.70. The van der Waals surface area contributed by atoms with Crippen LogP contribution in [0.25, 0.3) is 0 Å². The quantitative estimate of drug-likeness (QED) is 0.873. The summed E-state index contributed by atoms with van der Waals surface area (Å²) in [6, 6.07) is 0.207. The van der Waals surface area contributed by atoms with Crippen molar-refractivity contribution in [2.75, 3.05) is 0 Å². The number of fused-ring (bicyclic) bond motifs is 1. The van der Waals surface area contributed by atoms with Crippen LogP contribution in [-0.2, 0) is 12.8 Å². The molecule has 0 saturated heterocycles. The minimum atomic E-state index is 0.207. The van der Waals surface area contributed by atoms with Crippen LogP contribution in [0.15, 0.2) is 0 Å². The van der Waals surface area contributed by atoms with E-state index in [9.17, 15) is 0 Å². The van der Waals surface area contributed by atoms with Crippen molar-refractivity contribution < 1.29 is 0 Å². The fraction of sp³-hybridized carbons (Fsp3) is 0.786. The van der Waals surface area contributed by atoms with Gasteiger partial charge in [-0.15, -0.1) is 11.3 Å². The zero-order valence-corrected chi connectivity index (χ0v) is 11.4. The predicted molar refractivity (Wildman–Crippen MR) is 72.2 cm³/mol. The van der Waals surface area contributed by atoms with Crippen molar-refractivity contribution >= 4 is 11.3 Å². The molecule has 1 fully saturated rings. The smallest absolute Gasteiger partial charge is 0.110 e. The Hall–Kier alpha value is -0.410. The highest BCUT2D eigenvalue weighted by Crippen LogP contribution is 2.38. The van der Waals surface area contributed by atoms with E-state index in [1.165, 1.54) is 60.5 Å². The molecular formula is C14H22N2S. The first-order valence-electron chi connectivity index (χ1n) is 6.98. The molecule has 2 aliphatic rings. The van der Waals surface area contributed by atoms with Crippen LogP contribution < -0.4 is 5.73 Å². The van der Waals surface area contributed by atoms with Gasteiger partial charge < -0.3 is 5.73 Å². The lowest BCUT2D eigenvalue weighted by molar-refractivity contribution is 0.255. The fourth-order valence-electron chi connectivity index (χ4n) is 3.20. The second kappa shape index (κ2) is 4.69. The number of nitrogens with two attached hydrogens (primary N) is 1. The molecule has 0 spiro atoms. The maximum absolute atomic E-state index is 6.42. The Morgan fingerprint density at radius 1 is 1.24 bits per heavy atom. The lowest BCUT2D eigenvalue weighted by atomic mass is 9.79. The van der Waals surface area contributed by atoms with Crippen molar-refractivity contribution in [3.63, 3.8) is 0 Å². The SMILES string of the molecule is CC1CCC(C(N)c2nc3c(s2)CCC3)CC1. The van der Waals surface area contributed by atoms with Crippen molar-refractivity contribution in [3.05, 3.63) is 15.6 Å². The molecule has 0 amide bonds. The summed E-state index contributed by atoms with van der Waals surface area (Å²) < 4.78 is 0. The Kier molecular flexibility index (Phi) is 3.22. The molecule has 94 valence electrons. The molecule has 0 bridgehead atoms. The fourth-order valence-corrected chi connectivity index (χ4v) is 4.45. The first-order chi connectivity index (χ1) is 8.24. The number of aryl methyl sites for hydroxylation is 2. The summed E-state index contributed by atoms with van der Waals surface area (Å²) in [7, 11) is 0. The summed E-state index contributed by atoms with van der Waals surface area (Å²) >= 11 is 1.89. The number of rotatable bonds is 2. The average Bonchev–Trinajstić information content (AvgIpc) is 2.89. The highest BCUT2D eigenvalue weighted by Gasteiger charge is 2.28. The van der Waals surface area contributed by atoms with Gasteiger partial charge in [0.25, 0.3) is 0 Å². The maximum Gasteiger partial charge on any atom is 0.110 e. The minimum absolute atomic E-state index is 0.207. The second-order valence-corrected chi connectivity index (χ2v) is 6.94. The van der Waals surface area contributed by atoms with Gasteiger partial charge in [-0.05, 0) is 43.9 Å². The lowest BCUT2D eigenvalue weighted by Crippen LogP contribution is -2.25. The van der Waals surface area contributed by atoms with E-state index in [0.29, 0.717) is 5.92 Å². The number of aromatic nitrogens is 1. The van der Waals surface area contributed by atoms with Crippen LogP contribution in [0, 0.1) is 11.8 Å². The highest BCUT2D eigenvalue weighted by atomic mass is 32.1. The molecule has 1 aromatic heterocycles. The van der Waals surface area contributed by atoms with Gasteiger partial charge in [-0.2, -0.15) is 0 Å². The van der Waals surface area contributed by atoms with Crippen LogP contribution >= 0.6 is 11.3 Å². The summed E-state index contributed by atoms with van der Waals surface area (Å²) in [5.41, 5.74) is 7.78. The monoisotopic (exact) mass is 250 g/mol. The number of thiazole rings is 1. The van der Waals surface area contributed by atoms with Crippen LogP contribution in [0.4, 0.5) is 0 Å². The molecule has 1 heterocycles. The molecule has 1 saturated carbocycles. The van der Waals surface area contributed by atoms with Crippen LogP contribution in [0.3, 0.4) is 0 Å². The van der Waals surface area contributed by atoms with Gasteiger partial charge in [0.1, 0.15) is 5.01 Å². The van der Waals surface area contributed by atoms with Gasteiger partial charge in [0.15, 0.2) is 0 Å². The molecule has 2 N–H and O–H groups in total. The third-order valence-corrected chi connectivity index (χ3v) is 5.72. The number of nitrogens with zero attached hydrogens (tertiary/aromatic N) is 1. The second-order valence-electron chi connectivity index (χ2n) is 5.82. The van der Waals surface area contributed by atoms with Gasteiger partial charge in [-0.1, -0.05) is 19.8 Å². The topological polar surface area (TPSA) is 38.9 Å². The molecule has 3 rings (SSSR count). The molecule has 1 unspecified atom stereocenters. The molecule has 17 heavy (non-hydrogen) atoms. The van der Waals surface area contributed by atoms with Crippen LogP contribution in [0.2, 0.25) is 0 Å². The zero-order chi connectivity index (χ0) is 11.8. The van der Waals surface area contributed by atoms with Crippen molar-refractivity contribution in [2.24, 2.45) is 17.6 Å². The van der Waals surface area contributed by atoms with Gasteiger partial charge >= 0.3 is 0 Å². The van der Waals surface area contributed by atoms with Gasteiger partial charge in [-0.3, -0.25) is 0 Å². The third-order valence-electron chi connectivity index (χ3n) is 4.47. The van der Waals surface area contributed by atoms with E-state index in [4.69, 9.17) is 10.7 Å². The zero-order valence-electron chi connectivity index (χ0n) is 10.6. The first-order valence-corrected chi connectivity index (χ1v) is 7.79. The van der Waals surface area contributed by atoms with Crippen molar-refractivity contribution in [1.29, 1.82) is 0 Å². The van der Waals surface area contributed by atoms with E-state index in [-0.39, 0.29) is 6.04 Å². The van der Waals surface area contributed by atoms with E-state index in [1.54, 1.807) is 0 Å². The number of hydrogen-bond donors (Lipinski definition) is 1. The standard InChI is InChI=1S/C14H22N2S/c1-9-5-7-10(8-6-9)13(15)14-16-11-3-2-4-12(11)17-14/h9-10,13H,2-8,15H2,1H3. The van der Waals surface area contributed by atoms with Gasteiger partial charge in [-0.25, -0.2) is 4.98 Å². The molecular weight excluding hydrogens is 228 g/mol. The molecule has 2 nitrogen and oxygen atoms in total. The average molecular weight is 250 g/mol. The van der Waals surface area contributed by atoms with Gasteiger partial charge in [0, 0.05) is 4.88 Å². The van der Waals surface area contributed by atoms with E-state index in [0.717, 1.165) is 5.92 Å². The summed E-state index contributed by atoms with van der Waals surface area (Å²) in [6.45, 7) is 2.36. The lowest BCUT2D eigenvalue weighted by Gasteiger charge is -2.29. The van der Waals surface area contributed by atoms with E-state index < -0.39 is 0 Å². The summed E-state index contributed by atoms with van der Waals surface area (Å²) in [6.07, 6.45) is 9.01. The normalized spacial score (nSPS) is 30.2. The van der Waals surface area contributed by atoms with Gasteiger partial charge in [0.05, 0.1) is 11.7 Å². The number of hydrogen-bond acceptors (Lipinski definition) is 3. The van der Waals surface area contributed by atoms with Crippen LogP contribution in [0.1, 0.15) is 60.6 Å². The maximum atomic E-state index is 6.42. The molecule has 0 radical (unpaired) electrons. The van der Waals surface area contributed by atoms with Crippen LogP contribution in [0.5, 0.6) is 0 Å². The summed E-state index contributed by atoms with van der Waals surface area (Å²) in [5.74, 6) is 1.58. The van der Waals surface area contributed by atoms with Crippen molar-refractivity contribution in [2.45, 2.75) is 57.9 Å². The summed E-state index contributed by atoms with van der Waals surface area (Å²) in [4.78, 5) is 6.29. The summed E-state index contributed by atoms with van der Waals surface area (Å²) in [5, 5.41) is 1.22. The predicted octanol–water partition coefficient (Wildman–Crippen LogP) is 3.46. The molecule has 1 aromatic rings.